The summed E-state index contributed by atoms with van der Waals surface area (Å²) in [5.41, 5.74) is 3.76. The number of aryl methyl sites for hydroxylation is 1. The van der Waals surface area contributed by atoms with Crippen molar-refractivity contribution in [3.8, 4) is 5.75 Å². The largest absolute Gasteiger partial charge is 0.507 e. The number of nitrogens with zero attached hydrogens (tertiary/aromatic N) is 1. The number of hydrogen-bond acceptors (Lipinski definition) is 2. The number of aliphatic imine (C=N–C) groups is 1. The number of phenols is 1. The highest BCUT2D eigenvalue weighted by Crippen LogP contribution is 2.30. The van der Waals surface area contributed by atoms with E-state index < -0.39 is 0 Å². The molecule has 0 amide bonds. The Morgan fingerprint density at radius 2 is 2.00 bits per heavy atom. The van der Waals surface area contributed by atoms with E-state index in [0.29, 0.717) is 5.92 Å². The zero-order chi connectivity index (χ0) is 15.4. The molecule has 1 N–H and O–H groups in total. The minimum absolute atomic E-state index is 0.281. The van der Waals surface area contributed by atoms with Gasteiger partial charge >= 0.3 is 0 Å². The first kappa shape index (κ1) is 15.8. The minimum Gasteiger partial charge on any atom is -0.507 e. The summed E-state index contributed by atoms with van der Waals surface area (Å²) in [4.78, 5) is 4.58. The smallest absolute Gasteiger partial charge is 0.127 e. The Bertz CT molecular complexity index is 664. The van der Waals surface area contributed by atoms with Crippen LogP contribution in [0.2, 0.25) is 0 Å². The second kappa shape index (κ2) is 6.90. The number of aromatic hydroxyl groups is 1. The molecule has 21 heavy (non-hydrogen) atoms. The van der Waals surface area contributed by atoms with E-state index in [1.54, 1.807) is 6.21 Å². The summed E-state index contributed by atoms with van der Waals surface area (Å²) >= 11 is 3.45. The molecule has 110 valence electrons. The molecule has 0 bridgehead atoms. The van der Waals surface area contributed by atoms with Crippen molar-refractivity contribution in [3.63, 3.8) is 0 Å². The van der Waals surface area contributed by atoms with Gasteiger partial charge in [-0.05, 0) is 48.6 Å². The highest BCUT2D eigenvalue weighted by Gasteiger charge is 2.08. The van der Waals surface area contributed by atoms with Gasteiger partial charge in [-0.3, -0.25) is 4.99 Å². The zero-order valence-corrected chi connectivity index (χ0v) is 14.2. The summed E-state index contributed by atoms with van der Waals surface area (Å²) in [7, 11) is 0. The molecule has 0 aliphatic carbocycles. The van der Waals surface area contributed by atoms with Gasteiger partial charge in [-0.2, -0.15) is 0 Å². The number of hydrogen-bond donors (Lipinski definition) is 1. The summed E-state index contributed by atoms with van der Waals surface area (Å²) in [5, 5.41) is 10.1. The summed E-state index contributed by atoms with van der Waals surface area (Å²) in [6, 6.07) is 11.9. The standard InChI is InChI=1S/C18H20BrNO/c1-4-12(2)16-7-5-6-8-17(16)20-11-14-10-15(19)9-13(3)18(14)21/h5-12,21H,4H2,1-3H3. The van der Waals surface area contributed by atoms with Crippen LogP contribution in [0.25, 0.3) is 0 Å². The summed E-state index contributed by atoms with van der Waals surface area (Å²) in [6.07, 6.45) is 2.81. The van der Waals surface area contributed by atoms with Crippen molar-refractivity contribution < 1.29 is 5.11 Å². The van der Waals surface area contributed by atoms with Crippen molar-refractivity contribution in [2.24, 2.45) is 4.99 Å². The minimum atomic E-state index is 0.281. The van der Waals surface area contributed by atoms with Gasteiger partial charge < -0.3 is 5.11 Å². The molecule has 0 spiro atoms. The lowest BCUT2D eigenvalue weighted by atomic mass is 9.97. The first-order valence-electron chi connectivity index (χ1n) is 7.15. The summed E-state index contributed by atoms with van der Waals surface area (Å²) in [6.45, 7) is 6.26. The van der Waals surface area contributed by atoms with Crippen LogP contribution in [-0.4, -0.2) is 11.3 Å². The van der Waals surface area contributed by atoms with Gasteiger partial charge in [0.1, 0.15) is 5.75 Å². The molecule has 1 unspecified atom stereocenters. The van der Waals surface area contributed by atoms with Gasteiger partial charge in [0.25, 0.3) is 0 Å². The molecule has 0 aromatic heterocycles. The Morgan fingerprint density at radius 3 is 2.71 bits per heavy atom. The third-order valence-electron chi connectivity index (χ3n) is 3.72. The van der Waals surface area contributed by atoms with Crippen LogP contribution in [0.5, 0.6) is 5.75 Å². The summed E-state index contributed by atoms with van der Waals surface area (Å²) in [5.74, 6) is 0.749. The van der Waals surface area contributed by atoms with Crippen LogP contribution in [0.4, 0.5) is 5.69 Å². The molecule has 0 aliphatic rings. The van der Waals surface area contributed by atoms with Crippen molar-refractivity contribution in [2.75, 3.05) is 0 Å². The van der Waals surface area contributed by atoms with Crippen LogP contribution >= 0.6 is 15.9 Å². The average Bonchev–Trinajstić information content (AvgIpc) is 2.49. The molecular formula is C18H20BrNO. The molecule has 0 saturated heterocycles. The third kappa shape index (κ3) is 3.73. The monoisotopic (exact) mass is 345 g/mol. The average molecular weight is 346 g/mol. The number of rotatable bonds is 4. The van der Waals surface area contributed by atoms with E-state index in [-0.39, 0.29) is 5.75 Å². The number of halogens is 1. The van der Waals surface area contributed by atoms with Gasteiger partial charge in [-0.1, -0.05) is 48.0 Å². The lowest BCUT2D eigenvalue weighted by Gasteiger charge is -2.11. The van der Waals surface area contributed by atoms with Gasteiger partial charge in [0.2, 0.25) is 0 Å². The number of phenolic OH excluding ortho intramolecular Hbond substituents is 1. The second-order valence-corrected chi connectivity index (χ2v) is 6.20. The van der Waals surface area contributed by atoms with Crippen LogP contribution in [0.1, 0.15) is 42.9 Å². The molecule has 2 aromatic rings. The van der Waals surface area contributed by atoms with Gasteiger partial charge in [0, 0.05) is 16.3 Å². The lowest BCUT2D eigenvalue weighted by Crippen LogP contribution is -1.92. The van der Waals surface area contributed by atoms with Crippen molar-refractivity contribution in [2.45, 2.75) is 33.1 Å². The molecule has 2 aromatic carbocycles. The quantitative estimate of drug-likeness (QED) is 0.705. The number of para-hydroxylation sites is 1. The maximum absolute atomic E-state index is 10.1. The molecule has 0 heterocycles. The predicted molar refractivity (Wildman–Crippen MR) is 92.9 cm³/mol. The molecule has 0 saturated carbocycles. The predicted octanol–water partition coefficient (Wildman–Crippen LogP) is 5.73. The Balaban J connectivity index is 2.39. The van der Waals surface area contributed by atoms with Gasteiger partial charge in [-0.25, -0.2) is 0 Å². The fourth-order valence-corrected chi connectivity index (χ4v) is 2.83. The van der Waals surface area contributed by atoms with Gasteiger partial charge in [0.05, 0.1) is 5.69 Å². The maximum Gasteiger partial charge on any atom is 0.127 e. The molecule has 2 rings (SSSR count). The molecular weight excluding hydrogens is 326 g/mol. The van der Waals surface area contributed by atoms with Crippen molar-refractivity contribution in [1.29, 1.82) is 0 Å². The Morgan fingerprint density at radius 1 is 1.29 bits per heavy atom. The molecule has 0 radical (unpaired) electrons. The Labute approximate surface area is 134 Å². The molecule has 2 nitrogen and oxygen atoms in total. The van der Waals surface area contributed by atoms with E-state index in [0.717, 1.165) is 27.7 Å². The topological polar surface area (TPSA) is 32.6 Å². The summed E-state index contributed by atoms with van der Waals surface area (Å²) < 4.78 is 0.939. The molecule has 0 fully saturated rings. The molecule has 1 atom stereocenters. The van der Waals surface area contributed by atoms with E-state index in [1.165, 1.54) is 5.56 Å². The zero-order valence-electron chi connectivity index (χ0n) is 12.6. The third-order valence-corrected chi connectivity index (χ3v) is 4.18. The van der Waals surface area contributed by atoms with Crippen LogP contribution in [-0.2, 0) is 0 Å². The normalized spacial score (nSPS) is 12.8. The van der Waals surface area contributed by atoms with Crippen molar-refractivity contribution in [1.82, 2.24) is 0 Å². The lowest BCUT2D eigenvalue weighted by molar-refractivity contribution is 0.470. The fraction of sp³-hybridized carbons (Fsp3) is 0.278. The highest BCUT2D eigenvalue weighted by molar-refractivity contribution is 9.10. The Kier molecular flexibility index (Phi) is 5.18. The van der Waals surface area contributed by atoms with Crippen molar-refractivity contribution >= 4 is 27.8 Å². The maximum atomic E-state index is 10.1. The fourth-order valence-electron chi connectivity index (χ4n) is 2.24. The van der Waals surface area contributed by atoms with Gasteiger partial charge in [0.15, 0.2) is 0 Å². The highest BCUT2D eigenvalue weighted by atomic mass is 79.9. The SMILES string of the molecule is CCC(C)c1ccccc1N=Cc1cc(Br)cc(C)c1O. The van der Waals surface area contributed by atoms with Crippen molar-refractivity contribution in [3.05, 3.63) is 57.6 Å². The van der Waals surface area contributed by atoms with E-state index >= 15 is 0 Å². The van der Waals surface area contributed by atoms with E-state index in [1.807, 2.05) is 37.3 Å². The van der Waals surface area contributed by atoms with E-state index in [9.17, 15) is 5.11 Å². The van der Waals surface area contributed by atoms with E-state index in [2.05, 4.69) is 40.8 Å². The Hall–Kier alpha value is -1.61. The first-order valence-corrected chi connectivity index (χ1v) is 7.94. The first-order chi connectivity index (χ1) is 10.0. The van der Waals surface area contributed by atoms with Crippen LogP contribution in [0.3, 0.4) is 0 Å². The second-order valence-electron chi connectivity index (χ2n) is 5.29. The van der Waals surface area contributed by atoms with Crippen LogP contribution in [0.15, 0.2) is 45.9 Å². The van der Waals surface area contributed by atoms with Gasteiger partial charge in [-0.15, -0.1) is 0 Å². The molecule has 0 aliphatic heterocycles. The van der Waals surface area contributed by atoms with Crippen LogP contribution in [0, 0.1) is 6.92 Å². The van der Waals surface area contributed by atoms with E-state index in [4.69, 9.17) is 0 Å². The molecule has 3 heteroatoms. The number of benzene rings is 2. The van der Waals surface area contributed by atoms with Crippen LogP contribution < -0.4 is 0 Å².